The third-order valence-corrected chi connectivity index (χ3v) is 3.03. The van der Waals surface area contributed by atoms with E-state index in [0.29, 0.717) is 19.5 Å². The predicted molar refractivity (Wildman–Crippen MR) is 75.9 cm³/mol. The number of urea groups is 1. The van der Waals surface area contributed by atoms with Crippen LogP contribution in [0.15, 0.2) is 25.3 Å². The molecule has 0 aromatic heterocycles. The summed E-state index contributed by atoms with van der Waals surface area (Å²) in [6, 6.07) is -1.01. The van der Waals surface area contributed by atoms with Crippen LogP contribution in [0.3, 0.4) is 0 Å². The Morgan fingerprint density at radius 3 is 2.45 bits per heavy atom. The highest BCUT2D eigenvalue weighted by Crippen LogP contribution is 2.11. The summed E-state index contributed by atoms with van der Waals surface area (Å²) < 4.78 is 0. The van der Waals surface area contributed by atoms with Crippen LogP contribution in [0.1, 0.15) is 19.8 Å². The second kappa shape index (κ2) is 7.47. The second-order valence-electron chi connectivity index (χ2n) is 4.59. The van der Waals surface area contributed by atoms with Crippen LogP contribution in [-0.4, -0.2) is 53.3 Å². The topological polar surface area (TPSA) is 69.7 Å². The lowest BCUT2D eigenvalue weighted by Crippen LogP contribution is -2.43. The van der Waals surface area contributed by atoms with Crippen LogP contribution in [0.2, 0.25) is 0 Å². The van der Waals surface area contributed by atoms with E-state index in [0.717, 1.165) is 11.3 Å². The van der Waals surface area contributed by atoms with Crippen molar-refractivity contribution in [2.75, 3.05) is 19.6 Å². The lowest BCUT2D eigenvalue weighted by Gasteiger charge is -2.21. The Morgan fingerprint density at radius 2 is 1.95 bits per heavy atom. The minimum Gasteiger partial charge on any atom is -0.334 e. The van der Waals surface area contributed by atoms with Gasteiger partial charge in [-0.15, -0.1) is 13.2 Å². The molecule has 1 rings (SSSR count). The molecular formula is C14H21N3O3. The van der Waals surface area contributed by atoms with Crippen molar-refractivity contribution in [3.05, 3.63) is 25.3 Å². The zero-order valence-electron chi connectivity index (χ0n) is 11.8. The van der Waals surface area contributed by atoms with Gasteiger partial charge in [-0.3, -0.25) is 14.5 Å². The van der Waals surface area contributed by atoms with Crippen LogP contribution in [0, 0.1) is 0 Å². The van der Waals surface area contributed by atoms with Gasteiger partial charge in [0, 0.05) is 13.1 Å². The number of rotatable bonds is 8. The first-order valence-corrected chi connectivity index (χ1v) is 6.66. The van der Waals surface area contributed by atoms with Crippen LogP contribution in [0.5, 0.6) is 0 Å². The summed E-state index contributed by atoms with van der Waals surface area (Å²) in [6.45, 7) is 9.55. The number of carbonyl (C=O) groups excluding carboxylic acids is 3. The number of amides is 4. The molecule has 1 saturated heterocycles. The summed E-state index contributed by atoms with van der Waals surface area (Å²) in [5.41, 5.74) is 0. The molecule has 1 heterocycles. The molecule has 0 spiro atoms. The summed E-state index contributed by atoms with van der Waals surface area (Å²) >= 11 is 0. The van der Waals surface area contributed by atoms with E-state index in [1.165, 1.54) is 4.90 Å². The quantitative estimate of drug-likeness (QED) is 0.530. The molecule has 6 heteroatoms. The number of hydrogen-bond donors (Lipinski definition) is 1. The maximum Gasteiger partial charge on any atom is 0.325 e. The SMILES string of the molecule is C=CCN(CC=C)C(=O)CN1C(=O)NC(CCC)C1=O. The molecule has 1 fully saturated rings. The van der Waals surface area contributed by atoms with E-state index in [1.54, 1.807) is 12.2 Å². The van der Waals surface area contributed by atoms with Gasteiger partial charge in [-0.2, -0.15) is 0 Å². The van der Waals surface area contributed by atoms with Crippen LogP contribution >= 0.6 is 0 Å². The van der Waals surface area contributed by atoms with Crippen LogP contribution in [0.25, 0.3) is 0 Å². The summed E-state index contributed by atoms with van der Waals surface area (Å²) in [7, 11) is 0. The Morgan fingerprint density at radius 1 is 1.35 bits per heavy atom. The van der Waals surface area contributed by atoms with Gasteiger partial charge < -0.3 is 10.2 Å². The van der Waals surface area contributed by atoms with Gasteiger partial charge in [0.2, 0.25) is 5.91 Å². The zero-order chi connectivity index (χ0) is 15.1. The van der Waals surface area contributed by atoms with E-state index in [9.17, 15) is 14.4 Å². The van der Waals surface area contributed by atoms with E-state index >= 15 is 0 Å². The smallest absolute Gasteiger partial charge is 0.325 e. The normalized spacial score (nSPS) is 17.9. The molecular weight excluding hydrogens is 258 g/mol. The number of imide groups is 1. The molecule has 1 aliphatic heterocycles. The van der Waals surface area contributed by atoms with Crippen LogP contribution < -0.4 is 5.32 Å². The van der Waals surface area contributed by atoms with Crippen molar-refractivity contribution >= 4 is 17.8 Å². The fourth-order valence-corrected chi connectivity index (χ4v) is 2.04. The second-order valence-corrected chi connectivity index (χ2v) is 4.59. The Balaban J connectivity index is 2.68. The number of nitrogens with one attached hydrogen (secondary N) is 1. The summed E-state index contributed by atoms with van der Waals surface area (Å²) in [5, 5.41) is 2.59. The molecule has 0 saturated carbocycles. The molecule has 6 nitrogen and oxygen atoms in total. The zero-order valence-corrected chi connectivity index (χ0v) is 11.8. The van der Waals surface area contributed by atoms with Gasteiger partial charge in [0.1, 0.15) is 12.6 Å². The number of carbonyl (C=O) groups is 3. The first-order chi connectivity index (χ1) is 9.54. The van der Waals surface area contributed by atoms with Gasteiger partial charge in [-0.1, -0.05) is 25.5 Å². The van der Waals surface area contributed by atoms with E-state index < -0.39 is 12.1 Å². The lowest BCUT2D eigenvalue weighted by atomic mass is 10.2. The largest absolute Gasteiger partial charge is 0.334 e. The van der Waals surface area contributed by atoms with E-state index in [4.69, 9.17) is 0 Å². The monoisotopic (exact) mass is 279 g/mol. The van der Waals surface area contributed by atoms with Gasteiger partial charge in [0.15, 0.2) is 0 Å². The Kier molecular flexibility index (Phi) is 5.96. The van der Waals surface area contributed by atoms with Gasteiger partial charge in [-0.25, -0.2) is 4.79 Å². The molecule has 110 valence electrons. The Hall–Kier alpha value is -2.11. The van der Waals surface area contributed by atoms with Gasteiger partial charge in [0.25, 0.3) is 5.91 Å². The van der Waals surface area contributed by atoms with Crippen molar-refractivity contribution in [3.63, 3.8) is 0 Å². The summed E-state index contributed by atoms with van der Waals surface area (Å²) in [4.78, 5) is 38.3. The molecule has 0 aromatic carbocycles. The fraction of sp³-hybridized carbons (Fsp3) is 0.500. The van der Waals surface area contributed by atoms with Crippen molar-refractivity contribution in [2.24, 2.45) is 0 Å². The highest BCUT2D eigenvalue weighted by atomic mass is 16.2. The Bertz CT molecular complexity index is 410. The average molecular weight is 279 g/mol. The standard InChI is InChI=1S/C14H21N3O3/c1-4-7-11-13(19)17(14(20)15-11)10-12(18)16(8-5-2)9-6-3/h5-6,11H,2-4,7-10H2,1H3,(H,15,20). The summed E-state index contributed by atoms with van der Waals surface area (Å²) in [5.74, 6) is -0.632. The lowest BCUT2D eigenvalue weighted by molar-refractivity contribution is -0.136. The van der Waals surface area contributed by atoms with Crippen molar-refractivity contribution < 1.29 is 14.4 Å². The van der Waals surface area contributed by atoms with Crippen molar-refractivity contribution in [1.82, 2.24) is 15.1 Å². The van der Waals surface area contributed by atoms with Crippen LogP contribution in [0.4, 0.5) is 4.79 Å². The minimum atomic E-state index is -0.507. The maximum atomic E-state index is 12.1. The van der Waals surface area contributed by atoms with E-state index in [2.05, 4.69) is 18.5 Å². The van der Waals surface area contributed by atoms with Crippen molar-refractivity contribution in [2.45, 2.75) is 25.8 Å². The molecule has 1 N–H and O–H groups in total. The molecule has 1 aliphatic rings. The van der Waals surface area contributed by atoms with Gasteiger partial charge in [0.05, 0.1) is 0 Å². The first-order valence-electron chi connectivity index (χ1n) is 6.66. The summed E-state index contributed by atoms with van der Waals surface area (Å²) in [6.07, 6.45) is 4.55. The molecule has 1 unspecified atom stereocenters. The van der Waals surface area contributed by atoms with Gasteiger partial charge >= 0.3 is 6.03 Å². The third-order valence-electron chi connectivity index (χ3n) is 3.03. The minimum absolute atomic E-state index is 0.243. The van der Waals surface area contributed by atoms with E-state index in [-0.39, 0.29) is 18.4 Å². The molecule has 0 aliphatic carbocycles. The van der Waals surface area contributed by atoms with Crippen molar-refractivity contribution in [3.8, 4) is 0 Å². The highest BCUT2D eigenvalue weighted by Gasteiger charge is 2.38. The number of nitrogens with zero attached hydrogens (tertiary/aromatic N) is 2. The number of hydrogen-bond acceptors (Lipinski definition) is 3. The van der Waals surface area contributed by atoms with E-state index in [1.807, 2.05) is 6.92 Å². The van der Waals surface area contributed by atoms with Crippen molar-refractivity contribution in [1.29, 1.82) is 0 Å². The fourth-order valence-electron chi connectivity index (χ4n) is 2.04. The third kappa shape index (κ3) is 3.69. The van der Waals surface area contributed by atoms with Crippen LogP contribution in [-0.2, 0) is 9.59 Å². The molecule has 1 atom stereocenters. The molecule has 0 radical (unpaired) electrons. The molecule has 0 bridgehead atoms. The average Bonchev–Trinajstić information content (AvgIpc) is 2.67. The first kappa shape index (κ1) is 15.9. The predicted octanol–water partition coefficient (Wildman–Crippen LogP) is 0.907. The molecule has 0 aromatic rings. The van der Waals surface area contributed by atoms with Gasteiger partial charge in [-0.05, 0) is 6.42 Å². The highest BCUT2D eigenvalue weighted by molar-refractivity contribution is 6.06. The Labute approximate surface area is 119 Å². The maximum absolute atomic E-state index is 12.1. The molecule has 4 amide bonds. The molecule has 20 heavy (non-hydrogen) atoms.